The highest BCUT2D eigenvalue weighted by Gasteiger charge is 2.10. The number of carbonyl (C=O) groups excluding carboxylic acids is 1. The standard InChI is InChI=1S/C15H13BrFNO/c1-10-4-2-3-5-11(10)9-18-15(19)13-7-6-12(17)8-14(13)16/h2-8H,9H2,1H3,(H,18,19). The highest BCUT2D eigenvalue weighted by molar-refractivity contribution is 9.10. The van der Waals surface area contributed by atoms with Gasteiger partial charge in [0.1, 0.15) is 5.82 Å². The van der Waals surface area contributed by atoms with E-state index in [2.05, 4.69) is 21.2 Å². The predicted molar refractivity (Wildman–Crippen MR) is 76.4 cm³/mol. The van der Waals surface area contributed by atoms with Crippen molar-refractivity contribution in [3.63, 3.8) is 0 Å². The average Bonchev–Trinajstić information content (AvgIpc) is 2.37. The maximum absolute atomic E-state index is 13.0. The SMILES string of the molecule is Cc1ccccc1CNC(=O)c1ccc(F)cc1Br. The second kappa shape index (κ2) is 5.97. The van der Waals surface area contributed by atoms with Crippen LogP contribution < -0.4 is 5.32 Å². The number of halogens is 2. The fraction of sp³-hybridized carbons (Fsp3) is 0.133. The van der Waals surface area contributed by atoms with Gasteiger partial charge in [-0.25, -0.2) is 4.39 Å². The van der Waals surface area contributed by atoms with Gasteiger partial charge >= 0.3 is 0 Å². The first-order valence-corrected chi connectivity index (χ1v) is 6.65. The lowest BCUT2D eigenvalue weighted by molar-refractivity contribution is 0.0950. The van der Waals surface area contributed by atoms with E-state index in [1.54, 1.807) is 0 Å². The molecule has 0 atom stereocenters. The average molecular weight is 322 g/mol. The largest absolute Gasteiger partial charge is 0.348 e. The molecule has 1 amide bonds. The molecule has 0 radical (unpaired) electrons. The fourth-order valence-electron chi connectivity index (χ4n) is 1.75. The van der Waals surface area contributed by atoms with Crippen molar-refractivity contribution in [1.82, 2.24) is 5.32 Å². The van der Waals surface area contributed by atoms with Gasteiger partial charge in [-0.1, -0.05) is 24.3 Å². The van der Waals surface area contributed by atoms with E-state index in [1.165, 1.54) is 18.2 Å². The Labute approximate surface area is 119 Å². The maximum Gasteiger partial charge on any atom is 0.252 e. The van der Waals surface area contributed by atoms with Crippen LogP contribution in [0.4, 0.5) is 4.39 Å². The Morgan fingerprint density at radius 1 is 1.26 bits per heavy atom. The third kappa shape index (κ3) is 3.41. The van der Waals surface area contributed by atoms with Crippen molar-refractivity contribution in [1.29, 1.82) is 0 Å². The minimum absolute atomic E-state index is 0.227. The predicted octanol–water partition coefficient (Wildman–Crippen LogP) is 3.83. The second-order valence-electron chi connectivity index (χ2n) is 4.23. The first kappa shape index (κ1) is 13.7. The zero-order valence-corrected chi connectivity index (χ0v) is 12.0. The van der Waals surface area contributed by atoms with Crippen LogP contribution in [0.1, 0.15) is 21.5 Å². The second-order valence-corrected chi connectivity index (χ2v) is 5.09. The van der Waals surface area contributed by atoms with Crippen LogP contribution >= 0.6 is 15.9 Å². The topological polar surface area (TPSA) is 29.1 Å². The summed E-state index contributed by atoms with van der Waals surface area (Å²) >= 11 is 3.19. The van der Waals surface area contributed by atoms with Gasteiger partial charge in [0, 0.05) is 11.0 Å². The number of nitrogens with one attached hydrogen (secondary N) is 1. The molecule has 0 saturated carbocycles. The lowest BCUT2D eigenvalue weighted by Crippen LogP contribution is -2.23. The van der Waals surface area contributed by atoms with Crippen LogP contribution in [0.15, 0.2) is 46.9 Å². The molecule has 0 saturated heterocycles. The number of aryl methyl sites for hydroxylation is 1. The lowest BCUT2D eigenvalue weighted by atomic mass is 10.1. The monoisotopic (exact) mass is 321 g/mol. The van der Waals surface area contributed by atoms with Crippen LogP contribution in [0, 0.1) is 12.7 Å². The molecule has 0 spiro atoms. The highest BCUT2D eigenvalue weighted by Crippen LogP contribution is 2.18. The summed E-state index contributed by atoms with van der Waals surface area (Å²) in [4.78, 5) is 12.0. The van der Waals surface area contributed by atoms with Crippen LogP contribution in [0.2, 0.25) is 0 Å². The van der Waals surface area contributed by atoms with E-state index >= 15 is 0 Å². The zero-order chi connectivity index (χ0) is 13.8. The molecule has 0 heterocycles. The van der Waals surface area contributed by atoms with E-state index in [1.807, 2.05) is 31.2 Å². The Morgan fingerprint density at radius 2 is 2.00 bits per heavy atom. The van der Waals surface area contributed by atoms with Gasteiger partial charge in [-0.2, -0.15) is 0 Å². The summed E-state index contributed by atoms with van der Waals surface area (Å²) in [5, 5.41) is 2.82. The third-order valence-electron chi connectivity index (χ3n) is 2.88. The molecule has 0 aliphatic heterocycles. The highest BCUT2D eigenvalue weighted by atomic mass is 79.9. The van der Waals surface area contributed by atoms with Gasteiger partial charge in [0.15, 0.2) is 0 Å². The molecule has 0 aliphatic rings. The number of amides is 1. The van der Waals surface area contributed by atoms with Crippen LogP contribution in [0.25, 0.3) is 0 Å². The molecule has 98 valence electrons. The van der Waals surface area contributed by atoms with E-state index in [0.717, 1.165) is 11.1 Å². The third-order valence-corrected chi connectivity index (χ3v) is 3.53. The Bertz CT molecular complexity index is 613. The Hall–Kier alpha value is -1.68. The summed E-state index contributed by atoms with van der Waals surface area (Å²) in [6.45, 7) is 2.45. The van der Waals surface area contributed by atoms with Crippen LogP contribution in [-0.2, 0) is 6.54 Å². The van der Waals surface area contributed by atoms with Gasteiger partial charge in [-0.15, -0.1) is 0 Å². The molecule has 2 rings (SSSR count). The molecular formula is C15H13BrFNO. The summed E-state index contributed by atoms with van der Waals surface area (Å²) in [6.07, 6.45) is 0. The molecule has 0 unspecified atom stereocenters. The number of rotatable bonds is 3. The molecule has 2 aromatic rings. The Kier molecular flexibility index (Phi) is 4.32. The number of carbonyl (C=O) groups is 1. The van der Waals surface area contributed by atoms with E-state index in [-0.39, 0.29) is 11.7 Å². The van der Waals surface area contributed by atoms with Crippen molar-refractivity contribution in [3.8, 4) is 0 Å². The normalized spacial score (nSPS) is 10.3. The van der Waals surface area contributed by atoms with Gasteiger partial charge in [0.05, 0.1) is 5.56 Å². The van der Waals surface area contributed by atoms with Crippen LogP contribution in [0.3, 0.4) is 0 Å². The van der Waals surface area contributed by atoms with Crippen molar-refractivity contribution in [3.05, 3.63) is 69.4 Å². The van der Waals surface area contributed by atoms with Crippen molar-refractivity contribution in [2.45, 2.75) is 13.5 Å². The Balaban J connectivity index is 2.08. The van der Waals surface area contributed by atoms with Crippen LogP contribution in [0.5, 0.6) is 0 Å². The summed E-state index contributed by atoms with van der Waals surface area (Å²) in [7, 11) is 0. The zero-order valence-electron chi connectivity index (χ0n) is 10.4. The molecule has 0 aromatic heterocycles. The van der Waals surface area contributed by atoms with Gasteiger partial charge in [0.25, 0.3) is 5.91 Å². The molecule has 2 aromatic carbocycles. The summed E-state index contributed by atoms with van der Waals surface area (Å²) in [5.41, 5.74) is 2.62. The molecule has 1 N–H and O–H groups in total. The van der Waals surface area contributed by atoms with E-state index < -0.39 is 0 Å². The van der Waals surface area contributed by atoms with E-state index in [4.69, 9.17) is 0 Å². The van der Waals surface area contributed by atoms with Gasteiger partial charge < -0.3 is 5.32 Å². The molecule has 0 fully saturated rings. The van der Waals surface area contributed by atoms with Gasteiger partial charge in [-0.3, -0.25) is 4.79 Å². The minimum Gasteiger partial charge on any atom is -0.348 e. The molecule has 0 bridgehead atoms. The van der Waals surface area contributed by atoms with Crippen molar-refractivity contribution >= 4 is 21.8 Å². The molecule has 4 heteroatoms. The summed E-state index contributed by atoms with van der Waals surface area (Å²) in [6, 6.07) is 11.9. The number of hydrogen-bond donors (Lipinski definition) is 1. The van der Waals surface area contributed by atoms with E-state index in [9.17, 15) is 9.18 Å². The van der Waals surface area contributed by atoms with Gasteiger partial charge in [-0.05, 0) is 52.2 Å². The van der Waals surface area contributed by atoms with Gasteiger partial charge in [0.2, 0.25) is 0 Å². The fourth-order valence-corrected chi connectivity index (χ4v) is 2.28. The Morgan fingerprint density at radius 3 is 2.68 bits per heavy atom. The lowest BCUT2D eigenvalue weighted by Gasteiger charge is -2.09. The molecule has 19 heavy (non-hydrogen) atoms. The first-order chi connectivity index (χ1) is 9.08. The van der Waals surface area contributed by atoms with Crippen LogP contribution in [-0.4, -0.2) is 5.91 Å². The number of benzene rings is 2. The van der Waals surface area contributed by atoms with Crippen molar-refractivity contribution in [2.75, 3.05) is 0 Å². The first-order valence-electron chi connectivity index (χ1n) is 5.85. The summed E-state index contributed by atoms with van der Waals surface area (Å²) in [5.74, 6) is -0.600. The summed E-state index contributed by atoms with van der Waals surface area (Å²) < 4.78 is 13.4. The molecular weight excluding hydrogens is 309 g/mol. The van der Waals surface area contributed by atoms with E-state index in [0.29, 0.717) is 16.6 Å². The quantitative estimate of drug-likeness (QED) is 0.914. The molecule has 2 nitrogen and oxygen atoms in total. The van der Waals surface area contributed by atoms with Crippen molar-refractivity contribution in [2.24, 2.45) is 0 Å². The minimum atomic E-state index is -0.373. The van der Waals surface area contributed by atoms with Crippen molar-refractivity contribution < 1.29 is 9.18 Å². The smallest absolute Gasteiger partial charge is 0.252 e. The molecule has 0 aliphatic carbocycles. The number of hydrogen-bond acceptors (Lipinski definition) is 1. The maximum atomic E-state index is 13.0.